The van der Waals surface area contributed by atoms with Crippen LogP contribution in [0.25, 0.3) is 0 Å². The first-order valence-corrected chi connectivity index (χ1v) is 12.3. The topological polar surface area (TPSA) is 68.4 Å². The van der Waals surface area contributed by atoms with Crippen molar-refractivity contribution in [1.82, 2.24) is 4.98 Å². The summed E-state index contributed by atoms with van der Waals surface area (Å²) in [6.45, 7) is 4.74. The largest absolute Gasteiger partial charge is 0.494 e. The quantitative estimate of drug-likeness (QED) is 0.513. The summed E-state index contributed by atoms with van der Waals surface area (Å²) in [5.74, 6) is 1.43. The highest BCUT2D eigenvalue weighted by molar-refractivity contribution is 6.03. The van der Waals surface area contributed by atoms with Crippen LogP contribution in [0.1, 0.15) is 102 Å². The summed E-state index contributed by atoms with van der Waals surface area (Å²) in [6, 6.07) is 8.03. The minimum Gasteiger partial charge on any atom is -0.494 e. The van der Waals surface area contributed by atoms with Crippen molar-refractivity contribution < 1.29 is 19.1 Å². The first-order chi connectivity index (χ1) is 15.6. The molecule has 0 unspecified atom stereocenters. The molecule has 0 spiro atoms. The van der Waals surface area contributed by atoms with Gasteiger partial charge < -0.3 is 14.5 Å². The Morgan fingerprint density at radius 2 is 1.78 bits per heavy atom. The number of hydrogen-bond acceptors (Lipinski definition) is 4. The number of ether oxygens (including phenoxy) is 2. The van der Waals surface area contributed by atoms with Crippen LogP contribution in [0.15, 0.2) is 24.3 Å². The normalized spacial score (nSPS) is 18.9. The van der Waals surface area contributed by atoms with Gasteiger partial charge in [0.2, 0.25) is 0 Å². The molecule has 2 aromatic rings. The molecule has 2 aliphatic carbocycles. The molecule has 1 fully saturated rings. The van der Waals surface area contributed by atoms with Gasteiger partial charge in [-0.3, -0.25) is 4.79 Å². The highest BCUT2D eigenvalue weighted by Gasteiger charge is 2.34. The van der Waals surface area contributed by atoms with Crippen molar-refractivity contribution in [1.29, 1.82) is 0 Å². The number of Topliss-reactive ketones (excluding diaryl/α,β-unsaturated/α-hetero) is 1. The Bertz CT molecular complexity index is 937. The number of benzene rings is 1. The smallest absolute Gasteiger partial charge is 0.355 e. The van der Waals surface area contributed by atoms with Gasteiger partial charge in [-0.1, -0.05) is 44.2 Å². The van der Waals surface area contributed by atoms with E-state index in [1.807, 2.05) is 38.1 Å². The van der Waals surface area contributed by atoms with Crippen molar-refractivity contribution in [2.45, 2.75) is 77.6 Å². The molecule has 1 heterocycles. The van der Waals surface area contributed by atoms with Crippen LogP contribution < -0.4 is 4.74 Å². The van der Waals surface area contributed by atoms with E-state index in [0.29, 0.717) is 31.2 Å². The van der Waals surface area contributed by atoms with Crippen LogP contribution in [-0.2, 0) is 17.6 Å². The fraction of sp³-hybridized carbons (Fsp3) is 0.556. The minimum atomic E-state index is -0.342. The van der Waals surface area contributed by atoms with Crippen LogP contribution in [0.3, 0.4) is 0 Å². The molecular weight excluding hydrogens is 402 g/mol. The number of esters is 1. The van der Waals surface area contributed by atoms with Crippen molar-refractivity contribution in [2.75, 3.05) is 13.2 Å². The highest BCUT2D eigenvalue weighted by atomic mass is 16.5. The van der Waals surface area contributed by atoms with Crippen LogP contribution in [0.2, 0.25) is 0 Å². The highest BCUT2D eigenvalue weighted by Crippen LogP contribution is 2.37. The first-order valence-electron chi connectivity index (χ1n) is 12.3. The monoisotopic (exact) mass is 437 g/mol. The second kappa shape index (κ2) is 10.4. The maximum absolute atomic E-state index is 13.3. The van der Waals surface area contributed by atoms with Gasteiger partial charge in [-0.05, 0) is 68.2 Å². The molecule has 5 heteroatoms. The zero-order chi connectivity index (χ0) is 22.5. The number of carbonyl (C=O) groups is 2. The van der Waals surface area contributed by atoms with Gasteiger partial charge in [0.1, 0.15) is 11.4 Å². The van der Waals surface area contributed by atoms with E-state index in [0.717, 1.165) is 47.4 Å². The van der Waals surface area contributed by atoms with Crippen LogP contribution in [0.4, 0.5) is 0 Å². The molecule has 1 N–H and O–H groups in total. The summed E-state index contributed by atoms with van der Waals surface area (Å²) in [6.07, 6.45) is 9.44. The van der Waals surface area contributed by atoms with Gasteiger partial charge in [-0.2, -0.15) is 0 Å². The van der Waals surface area contributed by atoms with Crippen LogP contribution in [-0.4, -0.2) is 30.0 Å². The number of nitrogens with one attached hydrogen (secondary N) is 1. The molecule has 0 radical (unpaired) electrons. The predicted octanol–water partition coefficient (Wildman–Crippen LogP) is 6.02. The molecule has 1 aromatic heterocycles. The second-order valence-electron chi connectivity index (χ2n) is 9.13. The lowest BCUT2D eigenvalue weighted by atomic mass is 9.80. The SMILES string of the molecule is CCOC(=O)c1[nH]c2c(c1CCC1CCCCC1)C(=O)C[C@H](c1ccc(OCC)cc1)C2. The fourth-order valence-corrected chi connectivity index (χ4v) is 5.42. The van der Waals surface area contributed by atoms with Crippen molar-refractivity contribution in [3.05, 3.63) is 52.3 Å². The Hall–Kier alpha value is -2.56. The summed E-state index contributed by atoms with van der Waals surface area (Å²) in [5, 5.41) is 0. The van der Waals surface area contributed by atoms with E-state index in [-0.39, 0.29) is 17.7 Å². The lowest BCUT2D eigenvalue weighted by Gasteiger charge is -2.24. The number of carbonyl (C=O) groups excluding carboxylic acids is 2. The first kappa shape index (κ1) is 22.6. The van der Waals surface area contributed by atoms with Gasteiger partial charge in [0.25, 0.3) is 0 Å². The lowest BCUT2D eigenvalue weighted by Crippen LogP contribution is -2.19. The molecular formula is C27H35NO4. The molecule has 5 nitrogen and oxygen atoms in total. The second-order valence-corrected chi connectivity index (χ2v) is 9.13. The summed E-state index contributed by atoms with van der Waals surface area (Å²) in [5.41, 5.74) is 4.16. The Morgan fingerprint density at radius 3 is 2.47 bits per heavy atom. The van der Waals surface area contributed by atoms with Crippen molar-refractivity contribution in [3.63, 3.8) is 0 Å². The molecule has 1 aromatic carbocycles. The lowest BCUT2D eigenvalue weighted by molar-refractivity contribution is 0.0518. The molecule has 4 rings (SSSR count). The minimum absolute atomic E-state index is 0.102. The molecule has 0 aliphatic heterocycles. The molecule has 0 bridgehead atoms. The van der Waals surface area contributed by atoms with Gasteiger partial charge in [0.05, 0.1) is 13.2 Å². The maximum Gasteiger partial charge on any atom is 0.355 e. The average Bonchev–Trinajstić information content (AvgIpc) is 3.18. The molecule has 2 aliphatic rings. The average molecular weight is 438 g/mol. The molecule has 172 valence electrons. The van der Waals surface area contributed by atoms with Crippen LogP contribution >= 0.6 is 0 Å². The maximum atomic E-state index is 13.3. The fourth-order valence-electron chi connectivity index (χ4n) is 5.42. The van der Waals surface area contributed by atoms with Crippen LogP contribution in [0, 0.1) is 5.92 Å². The van der Waals surface area contributed by atoms with Crippen molar-refractivity contribution in [2.24, 2.45) is 5.92 Å². The number of H-pyrrole nitrogens is 1. The number of rotatable bonds is 8. The zero-order valence-electron chi connectivity index (χ0n) is 19.4. The third-order valence-electron chi connectivity index (χ3n) is 7.01. The Morgan fingerprint density at radius 1 is 1.03 bits per heavy atom. The van der Waals surface area contributed by atoms with Crippen molar-refractivity contribution >= 4 is 11.8 Å². The predicted molar refractivity (Wildman–Crippen MR) is 125 cm³/mol. The Labute approximate surface area is 190 Å². The number of hydrogen-bond donors (Lipinski definition) is 1. The molecule has 1 saturated carbocycles. The zero-order valence-corrected chi connectivity index (χ0v) is 19.4. The van der Waals surface area contributed by atoms with E-state index in [4.69, 9.17) is 9.47 Å². The molecule has 0 saturated heterocycles. The van der Waals surface area contributed by atoms with E-state index >= 15 is 0 Å². The third-order valence-corrected chi connectivity index (χ3v) is 7.01. The molecule has 32 heavy (non-hydrogen) atoms. The Balaban J connectivity index is 1.58. The van der Waals surface area contributed by atoms with Gasteiger partial charge in [0, 0.05) is 17.7 Å². The van der Waals surface area contributed by atoms with Crippen LogP contribution in [0.5, 0.6) is 5.75 Å². The third kappa shape index (κ3) is 4.92. The van der Waals surface area contributed by atoms with E-state index in [2.05, 4.69) is 4.98 Å². The van der Waals surface area contributed by atoms with Gasteiger partial charge >= 0.3 is 5.97 Å². The van der Waals surface area contributed by atoms with Gasteiger partial charge in [-0.25, -0.2) is 4.79 Å². The van der Waals surface area contributed by atoms with E-state index < -0.39 is 0 Å². The number of aromatic nitrogens is 1. The standard InChI is InChI=1S/C27H35NO4/c1-3-31-21-13-11-19(12-14-21)20-16-23-25(24(29)17-20)22(26(28-23)27(30)32-4-2)15-10-18-8-6-5-7-9-18/h11-14,18,20,28H,3-10,15-17H2,1-2H3/t20-/m1/s1. The summed E-state index contributed by atoms with van der Waals surface area (Å²) in [4.78, 5) is 29.3. The summed E-state index contributed by atoms with van der Waals surface area (Å²) < 4.78 is 10.9. The number of fused-ring (bicyclic) bond motifs is 1. The Kier molecular flexibility index (Phi) is 7.33. The number of ketones is 1. The van der Waals surface area contributed by atoms with Crippen molar-refractivity contribution in [3.8, 4) is 5.75 Å². The molecule has 0 amide bonds. The van der Waals surface area contributed by atoms with E-state index in [1.54, 1.807) is 0 Å². The van der Waals surface area contributed by atoms with Gasteiger partial charge in [-0.15, -0.1) is 0 Å². The van der Waals surface area contributed by atoms with E-state index in [1.165, 1.54) is 32.1 Å². The van der Waals surface area contributed by atoms with E-state index in [9.17, 15) is 9.59 Å². The molecule has 1 atom stereocenters. The van der Waals surface area contributed by atoms with Gasteiger partial charge in [0.15, 0.2) is 5.78 Å². The summed E-state index contributed by atoms with van der Waals surface area (Å²) in [7, 11) is 0. The number of aromatic amines is 1. The summed E-state index contributed by atoms with van der Waals surface area (Å²) >= 11 is 0.